The van der Waals surface area contributed by atoms with Gasteiger partial charge in [-0.15, -0.1) is 0 Å². The van der Waals surface area contributed by atoms with Crippen LogP contribution in [-0.4, -0.2) is 37.3 Å². The molecular weight excluding hydrogens is 202 g/mol. The molecule has 0 bridgehead atoms. The summed E-state index contributed by atoms with van der Waals surface area (Å²) in [7, 11) is 0. The van der Waals surface area contributed by atoms with Crippen LogP contribution in [0.15, 0.2) is 18.3 Å². The predicted octanol–water partition coefficient (Wildman–Crippen LogP) is 1.28. The molecule has 1 atom stereocenters. The van der Waals surface area contributed by atoms with Crippen molar-refractivity contribution in [2.75, 3.05) is 31.1 Å². The Labute approximate surface area is 96.6 Å². The number of nitrogens with one attached hydrogen (secondary N) is 1. The molecule has 88 valence electrons. The lowest BCUT2D eigenvalue weighted by molar-refractivity contribution is 0.337. The fourth-order valence-electron chi connectivity index (χ4n) is 2.01. The molecule has 1 unspecified atom stereocenters. The van der Waals surface area contributed by atoms with Gasteiger partial charge in [-0.1, -0.05) is 0 Å². The molecule has 0 aromatic carbocycles. The van der Waals surface area contributed by atoms with Gasteiger partial charge in [0.2, 0.25) is 0 Å². The lowest BCUT2D eigenvalue weighted by Gasteiger charge is -2.33. The maximum atomic E-state index is 5.60. The van der Waals surface area contributed by atoms with Crippen LogP contribution in [0.4, 0.5) is 5.82 Å². The Hall–Kier alpha value is -1.29. The highest BCUT2D eigenvalue weighted by atomic mass is 16.5. The van der Waals surface area contributed by atoms with Crippen molar-refractivity contribution < 1.29 is 4.74 Å². The van der Waals surface area contributed by atoms with Gasteiger partial charge in [0.25, 0.3) is 0 Å². The fourth-order valence-corrected chi connectivity index (χ4v) is 2.01. The molecule has 4 heteroatoms. The van der Waals surface area contributed by atoms with Gasteiger partial charge in [0, 0.05) is 31.9 Å². The van der Waals surface area contributed by atoms with Gasteiger partial charge < -0.3 is 15.0 Å². The molecule has 2 rings (SSSR count). The Balaban J connectivity index is 2.17. The van der Waals surface area contributed by atoms with E-state index in [1.54, 1.807) is 0 Å². The van der Waals surface area contributed by atoms with E-state index >= 15 is 0 Å². The molecule has 1 aromatic heterocycles. The van der Waals surface area contributed by atoms with Gasteiger partial charge in [-0.25, -0.2) is 4.98 Å². The molecule has 4 nitrogen and oxygen atoms in total. The molecule has 1 saturated heterocycles. The molecule has 16 heavy (non-hydrogen) atoms. The number of anilines is 1. The first-order valence-electron chi connectivity index (χ1n) is 5.87. The zero-order chi connectivity index (χ0) is 11.4. The van der Waals surface area contributed by atoms with E-state index in [0.29, 0.717) is 12.6 Å². The monoisotopic (exact) mass is 221 g/mol. The molecule has 1 aliphatic heterocycles. The molecule has 2 heterocycles. The molecule has 0 aliphatic carbocycles. The van der Waals surface area contributed by atoms with E-state index in [2.05, 4.69) is 22.1 Å². The van der Waals surface area contributed by atoms with Gasteiger partial charge >= 0.3 is 0 Å². The van der Waals surface area contributed by atoms with Gasteiger partial charge in [0.05, 0.1) is 6.61 Å². The van der Waals surface area contributed by atoms with E-state index in [-0.39, 0.29) is 0 Å². The maximum absolute atomic E-state index is 5.60. The van der Waals surface area contributed by atoms with Crippen molar-refractivity contribution in [1.29, 1.82) is 0 Å². The van der Waals surface area contributed by atoms with Gasteiger partial charge in [-0.3, -0.25) is 0 Å². The third-order valence-corrected chi connectivity index (χ3v) is 2.72. The number of rotatable bonds is 3. The maximum Gasteiger partial charge on any atom is 0.171 e. The normalized spacial score (nSPS) is 20.9. The van der Waals surface area contributed by atoms with Crippen LogP contribution in [0.5, 0.6) is 5.75 Å². The van der Waals surface area contributed by atoms with Crippen LogP contribution in [0.3, 0.4) is 0 Å². The van der Waals surface area contributed by atoms with Crippen LogP contribution in [0.25, 0.3) is 0 Å². The van der Waals surface area contributed by atoms with Crippen molar-refractivity contribution in [3.05, 3.63) is 18.3 Å². The van der Waals surface area contributed by atoms with E-state index in [9.17, 15) is 0 Å². The largest absolute Gasteiger partial charge is 0.490 e. The molecule has 0 spiro atoms. The summed E-state index contributed by atoms with van der Waals surface area (Å²) < 4.78 is 5.60. The summed E-state index contributed by atoms with van der Waals surface area (Å²) in [5.41, 5.74) is 0. The minimum Gasteiger partial charge on any atom is -0.490 e. The number of hydrogen-bond donors (Lipinski definition) is 1. The smallest absolute Gasteiger partial charge is 0.171 e. The zero-order valence-corrected chi connectivity index (χ0v) is 9.94. The van der Waals surface area contributed by atoms with Crippen LogP contribution in [0.2, 0.25) is 0 Å². The summed E-state index contributed by atoms with van der Waals surface area (Å²) in [5.74, 6) is 1.86. The van der Waals surface area contributed by atoms with Crippen molar-refractivity contribution in [3.63, 3.8) is 0 Å². The minimum absolute atomic E-state index is 0.505. The Bertz CT molecular complexity index is 343. The molecule has 0 amide bonds. The van der Waals surface area contributed by atoms with Crippen molar-refractivity contribution >= 4 is 5.82 Å². The number of piperazine rings is 1. The average molecular weight is 221 g/mol. The van der Waals surface area contributed by atoms with E-state index in [1.165, 1.54) is 0 Å². The number of nitrogens with zero attached hydrogens (tertiary/aromatic N) is 2. The van der Waals surface area contributed by atoms with Crippen molar-refractivity contribution in [2.24, 2.45) is 0 Å². The summed E-state index contributed by atoms with van der Waals surface area (Å²) in [6.07, 6.45) is 1.82. The zero-order valence-electron chi connectivity index (χ0n) is 9.94. The van der Waals surface area contributed by atoms with E-state index < -0.39 is 0 Å². The first kappa shape index (κ1) is 11.2. The Morgan fingerprint density at radius 2 is 2.50 bits per heavy atom. The van der Waals surface area contributed by atoms with Gasteiger partial charge in [-0.2, -0.15) is 0 Å². The summed E-state index contributed by atoms with van der Waals surface area (Å²) in [5, 5.41) is 3.42. The van der Waals surface area contributed by atoms with E-state index in [1.807, 2.05) is 25.3 Å². The third-order valence-electron chi connectivity index (χ3n) is 2.72. The van der Waals surface area contributed by atoms with Crippen LogP contribution >= 0.6 is 0 Å². The summed E-state index contributed by atoms with van der Waals surface area (Å²) in [6.45, 7) is 7.84. The van der Waals surface area contributed by atoms with Crippen LogP contribution in [-0.2, 0) is 0 Å². The topological polar surface area (TPSA) is 37.4 Å². The van der Waals surface area contributed by atoms with Crippen molar-refractivity contribution in [3.8, 4) is 5.75 Å². The quantitative estimate of drug-likeness (QED) is 0.834. The average Bonchev–Trinajstić information content (AvgIpc) is 2.30. The highest BCUT2D eigenvalue weighted by Crippen LogP contribution is 2.25. The lowest BCUT2D eigenvalue weighted by Crippen LogP contribution is -2.49. The molecule has 1 fully saturated rings. The molecule has 0 radical (unpaired) electrons. The van der Waals surface area contributed by atoms with Crippen LogP contribution < -0.4 is 15.0 Å². The Morgan fingerprint density at radius 1 is 1.62 bits per heavy atom. The molecule has 1 aromatic rings. The van der Waals surface area contributed by atoms with E-state index in [4.69, 9.17) is 4.74 Å². The van der Waals surface area contributed by atoms with Crippen molar-refractivity contribution in [1.82, 2.24) is 10.3 Å². The lowest BCUT2D eigenvalue weighted by atomic mass is 10.2. The predicted molar refractivity (Wildman–Crippen MR) is 65.1 cm³/mol. The second kappa shape index (κ2) is 5.16. The molecular formula is C12H19N3O. The highest BCUT2D eigenvalue weighted by Gasteiger charge is 2.19. The fraction of sp³-hybridized carbons (Fsp3) is 0.583. The second-order valence-electron chi connectivity index (χ2n) is 4.06. The second-order valence-corrected chi connectivity index (χ2v) is 4.06. The number of pyridine rings is 1. The van der Waals surface area contributed by atoms with Crippen molar-refractivity contribution in [2.45, 2.75) is 19.9 Å². The summed E-state index contributed by atoms with van der Waals surface area (Å²) >= 11 is 0. The Morgan fingerprint density at radius 3 is 3.25 bits per heavy atom. The minimum atomic E-state index is 0.505. The molecule has 0 saturated carbocycles. The molecule has 1 N–H and O–H groups in total. The highest BCUT2D eigenvalue weighted by molar-refractivity contribution is 5.52. The SMILES string of the molecule is CCOc1cccnc1N1CCNC(C)C1. The van der Waals surface area contributed by atoms with Gasteiger partial charge in [0.1, 0.15) is 0 Å². The standard InChI is InChI=1S/C12H19N3O/c1-3-16-11-5-4-6-14-12(11)15-8-7-13-10(2)9-15/h4-6,10,13H,3,7-9H2,1-2H3. The first-order valence-corrected chi connectivity index (χ1v) is 5.87. The number of aromatic nitrogens is 1. The summed E-state index contributed by atoms with van der Waals surface area (Å²) in [6, 6.07) is 4.41. The third kappa shape index (κ3) is 2.44. The van der Waals surface area contributed by atoms with E-state index in [0.717, 1.165) is 31.2 Å². The van der Waals surface area contributed by atoms with Gasteiger partial charge in [-0.05, 0) is 26.0 Å². The van der Waals surface area contributed by atoms with Crippen LogP contribution in [0, 0.1) is 0 Å². The van der Waals surface area contributed by atoms with Crippen LogP contribution in [0.1, 0.15) is 13.8 Å². The summed E-state index contributed by atoms with van der Waals surface area (Å²) in [4.78, 5) is 6.71. The Kier molecular flexibility index (Phi) is 3.62. The first-order chi connectivity index (χ1) is 7.81. The molecule has 1 aliphatic rings. The number of ether oxygens (including phenoxy) is 1. The van der Waals surface area contributed by atoms with Gasteiger partial charge in [0.15, 0.2) is 11.6 Å². The number of hydrogen-bond acceptors (Lipinski definition) is 4.